The van der Waals surface area contributed by atoms with Crippen LogP contribution in [0.15, 0.2) is 70.1 Å². The Labute approximate surface area is 178 Å². The Morgan fingerprint density at radius 1 is 1.13 bits per heavy atom. The predicted molar refractivity (Wildman–Crippen MR) is 110 cm³/mol. The Balaban J connectivity index is 1.40. The van der Waals surface area contributed by atoms with Crippen molar-refractivity contribution in [3.05, 3.63) is 92.9 Å². The second-order valence-electron chi connectivity index (χ2n) is 6.43. The number of nitrogens with zero attached hydrogens (tertiary/aromatic N) is 5. The quantitative estimate of drug-likeness (QED) is 0.324. The SMILES string of the molecule is O=C(Nc1cccc(Cn2cc(Br)cn2)c1)c1ccc(Cn2cc([N+](=O)[O-])cn2)o1. The van der Waals surface area contributed by atoms with Crippen molar-refractivity contribution in [3.63, 3.8) is 0 Å². The average molecular weight is 471 g/mol. The van der Waals surface area contributed by atoms with Crippen molar-refractivity contribution < 1.29 is 14.1 Å². The first kappa shape index (κ1) is 19.6. The van der Waals surface area contributed by atoms with Gasteiger partial charge in [-0.25, -0.2) is 0 Å². The molecule has 0 radical (unpaired) electrons. The Kier molecular flexibility index (Phi) is 5.44. The molecule has 1 aromatic carbocycles. The zero-order chi connectivity index (χ0) is 21.1. The zero-order valence-electron chi connectivity index (χ0n) is 15.4. The lowest BCUT2D eigenvalue weighted by Gasteiger charge is -2.07. The number of hydrogen-bond donors (Lipinski definition) is 1. The highest BCUT2D eigenvalue weighted by Crippen LogP contribution is 2.17. The Morgan fingerprint density at radius 2 is 1.93 bits per heavy atom. The molecule has 0 fully saturated rings. The normalized spacial score (nSPS) is 10.8. The molecule has 30 heavy (non-hydrogen) atoms. The number of rotatable bonds is 7. The number of amides is 1. The number of aromatic nitrogens is 4. The van der Waals surface area contributed by atoms with Gasteiger partial charge in [0.1, 0.15) is 18.2 Å². The van der Waals surface area contributed by atoms with Gasteiger partial charge >= 0.3 is 5.69 Å². The molecule has 0 saturated heterocycles. The van der Waals surface area contributed by atoms with E-state index < -0.39 is 10.8 Å². The van der Waals surface area contributed by atoms with Gasteiger partial charge in [0.25, 0.3) is 5.91 Å². The van der Waals surface area contributed by atoms with E-state index in [1.165, 1.54) is 10.9 Å². The maximum atomic E-state index is 12.5. The average Bonchev–Trinajstić information content (AvgIpc) is 3.44. The molecule has 0 aliphatic carbocycles. The maximum absolute atomic E-state index is 12.5. The van der Waals surface area contributed by atoms with Crippen LogP contribution < -0.4 is 5.32 Å². The second kappa shape index (κ2) is 8.33. The van der Waals surface area contributed by atoms with Crippen molar-refractivity contribution in [2.24, 2.45) is 0 Å². The summed E-state index contributed by atoms with van der Waals surface area (Å²) in [6.45, 7) is 0.742. The van der Waals surface area contributed by atoms with Gasteiger partial charge in [0.2, 0.25) is 0 Å². The largest absolute Gasteiger partial charge is 0.454 e. The number of halogens is 1. The summed E-state index contributed by atoms with van der Waals surface area (Å²) in [6, 6.07) is 10.6. The van der Waals surface area contributed by atoms with Gasteiger partial charge in [0, 0.05) is 11.9 Å². The van der Waals surface area contributed by atoms with E-state index in [-0.39, 0.29) is 18.0 Å². The number of nitrogens with one attached hydrogen (secondary N) is 1. The van der Waals surface area contributed by atoms with E-state index in [1.807, 2.05) is 24.4 Å². The number of nitro groups is 1. The van der Waals surface area contributed by atoms with Crippen molar-refractivity contribution in [2.45, 2.75) is 13.1 Å². The standard InChI is InChI=1S/C19H15BrN6O4/c20-14-7-21-24(10-14)9-13-2-1-3-15(6-13)23-19(27)18-5-4-17(30-18)12-25-11-16(8-22-25)26(28)29/h1-8,10-11H,9,12H2,(H,23,27). The minimum Gasteiger partial charge on any atom is -0.454 e. The highest BCUT2D eigenvalue weighted by molar-refractivity contribution is 9.10. The summed E-state index contributed by atoms with van der Waals surface area (Å²) < 4.78 is 9.60. The fraction of sp³-hybridized carbons (Fsp3) is 0.105. The first-order chi connectivity index (χ1) is 14.5. The summed E-state index contributed by atoms with van der Waals surface area (Å²) in [5.41, 5.74) is 1.50. The molecule has 0 unspecified atom stereocenters. The Bertz CT molecular complexity index is 1210. The molecule has 0 saturated carbocycles. The van der Waals surface area contributed by atoms with Crippen LogP contribution in [0.5, 0.6) is 0 Å². The summed E-state index contributed by atoms with van der Waals surface area (Å²) in [5, 5.41) is 21.7. The Hall–Kier alpha value is -3.73. The molecule has 4 rings (SSSR count). The first-order valence-electron chi connectivity index (χ1n) is 8.80. The number of carbonyl (C=O) groups excluding carboxylic acids is 1. The van der Waals surface area contributed by atoms with Gasteiger partial charge in [-0.15, -0.1) is 0 Å². The Morgan fingerprint density at radius 3 is 2.67 bits per heavy atom. The van der Waals surface area contributed by atoms with Crippen LogP contribution in [0, 0.1) is 10.1 Å². The van der Waals surface area contributed by atoms with Gasteiger partial charge in [-0.05, 0) is 45.8 Å². The molecule has 3 aromatic heterocycles. The minimum absolute atomic E-state index is 0.109. The van der Waals surface area contributed by atoms with Gasteiger partial charge in [-0.3, -0.25) is 24.3 Å². The molecule has 11 heteroatoms. The third kappa shape index (κ3) is 4.63. The summed E-state index contributed by atoms with van der Waals surface area (Å²) in [7, 11) is 0. The van der Waals surface area contributed by atoms with Gasteiger partial charge in [-0.2, -0.15) is 10.2 Å². The topological polar surface area (TPSA) is 121 Å². The highest BCUT2D eigenvalue weighted by atomic mass is 79.9. The maximum Gasteiger partial charge on any atom is 0.307 e. The highest BCUT2D eigenvalue weighted by Gasteiger charge is 2.14. The van der Waals surface area contributed by atoms with E-state index in [0.29, 0.717) is 18.0 Å². The number of benzene rings is 1. The third-order valence-corrected chi connectivity index (χ3v) is 4.57. The van der Waals surface area contributed by atoms with Crippen molar-refractivity contribution in [1.82, 2.24) is 19.6 Å². The van der Waals surface area contributed by atoms with Crippen LogP contribution in [0.1, 0.15) is 21.9 Å². The molecule has 0 bridgehead atoms. The lowest BCUT2D eigenvalue weighted by atomic mass is 10.2. The van der Waals surface area contributed by atoms with E-state index in [9.17, 15) is 14.9 Å². The van der Waals surface area contributed by atoms with Gasteiger partial charge in [0.05, 0.1) is 28.7 Å². The van der Waals surface area contributed by atoms with E-state index >= 15 is 0 Å². The number of carbonyl (C=O) groups is 1. The summed E-state index contributed by atoms with van der Waals surface area (Å²) in [5.74, 6) is 0.191. The molecule has 3 heterocycles. The summed E-state index contributed by atoms with van der Waals surface area (Å²) >= 11 is 3.36. The molecule has 1 amide bonds. The van der Waals surface area contributed by atoms with Gasteiger partial charge in [0.15, 0.2) is 5.76 Å². The molecule has 0 aliphatic rings. The predicted octanol–water partition coefficient (Wildman–Crippen LogP) is 3.69. The molecule has 4 aromatic rings. The molecule has 10 nitrogen and oxygen atoms in total. The number of hydrogen-bond acceptors (Lipinski definition) is 6. The lowest BCUT2D eigenvalue weighted by molar-refractivity contribution is -0.385. The zero-order valence-corrected chi connectivity index (χ0v) is 17.0. The van der Waals surface area contributed by atoms with Crippen LogP contribution in [0.3, 0.4) is 0 Å². The van der Waals surface area contributed by atoms with E-state index in [1.54, 1.807) is 29.1 Å². The molecular weight excluding hydrogens is 456 g/mol. The fourth-order valence-electron chi connectivity index (χ4n) is 2.83. The summed E-state index contributed by atoms with van der Waals surface area (Å²) in [6.07, 6.45) is 6.03. The molecule has 1 N–H and O–H groups in total. The summed E-state index contributed by atoms with van der Waals surface area (Å²) in [4.78, 5) is 22.7. The third-order valence-electron chi connectivity index (χ3n) is 4.16. The second-order valence-corrected chi connectivity index (χ2v) is 7.35. The van der Waals surface area contributed by atoms with E-state index in [2.05, 4.69) is 31.4 Å². The monoisotopic (exact) mass is 470 g/mol. The van der Waals surface area contributed by atoms with Crippen molar-refractivity contribution in [3.8, 4) is 0 Å². The first-order valence-corrected chi connectivity index (χ1v) is 9.59. The van der Waals surface area contributed by atoms with E-state index in [4.69, 9.17) is 4.42 Å². The number of furan rings is 1. The smallest absolute Gasteiger partial charge is 0.307 e. The number of anilines is 1. The van der Waals surface area contributed by atoms with Crippen molar-refractivity contribution in [2.75, 3.05) is 5.32 Å². The minimum atomic E-state index is -0.524. The van der Waals surface area contributed by atoms with E-state index in [0.717, 1.165) is 16.2 Å². The molecule has 0 spiro atoms. The van der Waals surface area contributed by atoms with Crippen LogP contribution >= 0.6 is 15.9 Å². The lowest BCUT2D eigenvalue weighted by Crippen LogP contribution is -2.11. The van der Waals surface area contributed by atoms with Crippen LogP contribution in [0.2, 0.25) is 0 Å². The van der Waals surface area contributed by atoms with Crippen LogP contribution in [-0.2, 0) is 13.1 Å². The fourth-order valence-corrected chi connectivity index (χ4v) is 3.16. The van der Waals surface area contributed by atoms with Crippen molar-refractivity contribution >= 4 is 33.2 Å². The molecule has 0 atom stereocenters. The van der Waals surface area contributed by atoms with Crippen LogP contribution in [0.25, 0.3) is 0 Å². The van der Waals surface area contributed by atoms with Crippen molar-refractivity contribution in [1.29, 1.82) is 0 Å². The molecular formula is C19H15BrN6O4. The molecule has 0 aliphatic heterocycles. The van der Waals surface area contributed by atoms with Gasteiger partial charge in [-0.1, -0.05) is 12.1 Å². The van der Waals surface area contributed by atoms with Gasteiger partial charge < -0.3 is 9.73 Å². The van der Waals surface area contributed by atoms with Crippen LogP contribution in [0.4, 0.5) is 11.4 Å². The van der Waals surface area contributed by atoms with Crippen LogP contribution in [-0.4, -0.2) is 30.4 Å². The molecule has 152 valence electrons.